The van der Waals surface area contributed by atoms with Crippen molar-refractivity contribution in [3.05, 3.63) is 64.5 Å². The van der Waals surface area contributed by atoms with Crippen LogP contribution >= 0.6 is 22.7 Å². The molecule has 0 unspecified atom stereocenters. The van der Waals surface area contributed by atoms with Crippen molar-refractivity contribution in [3.63, 3.8) is 0 Å². The molecule has 0 fully saturated rings. The number of rotatable bonds is 3. The number of fused-ring (bicyclic) bond motifs is 1. The lowest BCUT2D eigenvalue weighted by molar-refractivity contribution is 0.102. The van der Waals surface area contributed by atoms with E-state index in [4.69, 9.17) is 0 Å². The number of benzene rings is 2. The summed E-state index contributed by atoms with van der Waals surface area (Å²) in [7, 11) is 0. The van der Waals surface area contributed by atoms with Gasteiger partial charge in [-0.25, -0.2) is 9.97 Å². The number of nitrogens with one attached hydrogen (secondary N) is 1. The monoisotopic (exact) mass is 351 g/mol. The van der Waals surface area contributed by atoms with Crippen LogP contribution in [0.1, 0.15) is 15.9 Å². The number of amides is 1. The second kappa shape index (κ2) is 6.14. The molecule has 0 bridgehead atoms. The topological polar surface area (TPSA) is 54.9 Å². The van der Waals surface area contributed by atoms with E-state index < -0.39 is 0 Å². The van der Waals surface area contributed by atoms with Gasteiger partial charge in [0.15, 0.2) is 5.13 Å². The van der Waals surface area contributed by atoms with Crippen LogP contribution in [0.5, 0.6) is 0 Å². The summed E-state index contributed by atoms with van der Waals surface area (Å²) in [6.07, 6.45) is 0. The van der Waals surface area contributed by atoms with E-state index in [1.807, 2.05) is 29.6 Å². The third-order valence-corrected chi connectivity index (χ3v) is 5.21. The van der Waals surface area contributed by atoms with Crippen LogP contribution in [0, 0.1) is 6.92 Å². The van der Waals surface area contributed by atoms with Gasteiger partial charge in [0.25, 0.3) is 5.91 Å². The standard InChI is InChI=1S/C18H13N3OS2/c1-11-2-4-12(5-3-11)15-9-23-18(20-15)21-17(22)13-6-7-14-16(8-13)24-10-19-14/h2-10H,1H3,(H,20,21,22). The molecular weight excluding hydrogens is 338 g/mol. The van der Waals surface area contributed by atoms with Crippen LogP contribution in [0.3, 0.4) is 0 Å². The molecule has 2 aromatic heterocycles. The lowest BCUT2D eigenvalue weighted by atomic mass is 10.1. The Kier molecular flexibility index (Phi) is 3.84. The smallest absolute Gasteiger partial charge is 0.257 e. The molecule has 0 atom stereocenters. The zero-order valence-electron chi connectivity index (χ0n) is 12.8. The SMILES string of the molecule is Cc1ccc(-c2csc(NC(=O)c3ccc4ncsc4c3)n2)cc1. The summed E-state index contributed by atoms with van der Waals surface area (Å²) in [5, 5.41) is 5.42. The second-order valence-corrected chi connectivity index (χ2v) is 7.14. The van der Waals surface area contributed by atoms with Gasteiger partial charge in [-0.1, -0.05) is 29.8 Å². The summed E-state index contributed by atoms with van der Waals surface area (Å²) in [4.78, 5) is 21.1. The maximum atomic E-state index is 12.4. The Morgan fingerprint density at radius 3 is 2.75 bits per heavy atom. The minimum atomic E-state index is -0.157. The maximum absolute atomic E-state index is 12.4. The molecule has 0 aliphatic rings. The third-order valence-electron chi connectivity index (χ3n) is 3.67. The highest BCUT2D eigenvalue weighted by atomic mass is 32.1. The van der Waals surface area contributed by atoms with E-state index in [-0.39, 0.29) is 5.91 Å². The zero-order valence-corrected chi connectivity index (χ0v) is 14.4. The Balaban J connectivity index is 1.54. The molecule has 0 spiro atoms. The molecule has 4 aromatic rings. The van der Waals surface area contributed by atoms with Gasteiger partial charge in [0.05, 0.1) is 21.4 Å². The summed E-state index contributed by atoms with van der Waals surface area (Å²) in [5.74, 6) is -0.157. The third kappa shape index (κ3) is 2.93. The van der Waals surface area contributed by atoms with Crippen molar-refractivity contribution >= 4 is 43.9 Å². The quantitative estimate of drug-likeness (QED) is 0.566. The van der Waals surface area contributed by atoms with E-state index in [0.717, 1.165) is 21.5 Å². The Bertz CT molecular complexity index is 1020. The highest BCUT2D eigenvalue weighted by Crippen LogP contribution is 2.26. The normalized spacial score (nSPS) is 10.9. The molecule has 1 amide bonds. The number of thiazole rings is 2. The van der Waals surface area contributed by atoms with Crippen molar-refractivity contribution in [2.45, 2.75) is 6.92 Å². The average molecular weight is 351 g/mol. The lowest BCUT2D eigenvalue weighted by Crippen LogP contribution is -2.11. The maximum Gasteiger partial charge on any atom is 0.257 e. The van der Waals surface area contributed by atoms with E-state index in [9.17, 15) is 4.79 Å². The van der Waals surface area contributed by atoms with Gasteiger partial charge in [0, 0.05) is 16.5 Å². The summed E-state index contributed by atoms with van der Waals surface area (Å²) < 4.78 is 1.00. The van der Waals surface area contributed by atoms with Crippen LogP contribution in [-0.4, -0.2) is 15.9 Å². The fourth-order valence-corrected chi connectivity index (χ4v) is 3.78. The highest BCUT2D eigenvalue weighted by Gasteiger charge is 2.11. The molecule has 0 radical (unpaired) electrons. The molecule has 0 aliphatic carbocycles. The number of aryl methyl sites for hydroxylation is 1. The summed E-state index contributed by atoms with van der Waals surface area (Å²) in [5.41, 5.74) is 6.42. The first-order valence-electron chi connectivity index (χ1n) is 7.36. The van der Waals surface area contributed by atoms with Crippen LogP contribution in [0.25, 0.3) is 21.5 Å². The minimum Gasteiger partial charge on any atom is -0.298 e. The number of hydrogen-bond acceptors (Lipinski definition) is 5. The van der Waals surface area contributed by atoms with Crippen molar-refractivity contribution in [2.75, 3.05) is 5.32 Å². The Labute approximate surface area is 146 Å². The highest BCUT2D eigenvalue weighted by molar-refractivity contribution is 7.16. The number of anilines is 1. The van der Waals surface area contributed by atoms with Crippen molar-refractivity contribution in [1.29, 1.82) is 0 Å². The largest absolute Gasteiger partial charge is 0.298 e. The molecule has 2 aromatic carbocycles. The molecule has 1 N–H and O–H groups in total. The van der Waals surface area contributed by atoms with Crippen LogP contribution in [-0.2, 0) is 0 Å². The van der Waals surface area contributed by atoms with Gasteiger partial charge in [0.2, 0.25) is 0 Å². The van der Waals surface area contributed by atoms with Crippen molar-refractivity contribution < 1.29 is 4.79 Å². The first kappa shape index (κ1) is 15.0. The molecule has 118 valence electrons. The Morgan fingerprint density at radius 1 is 1.08 bits per heavy atom. The van der Waals surface area contributed by atoms with E-state index >= 15 is 0 Å². The summed E-state index contributed by atoms with van der Waals surface area (Å²) in [6, 6.07) is 13.7. The van der Waals surface area contributed by atoms with E-state index in [0.29, 0.717) is 10.7 Å². The number of aromatic nitrogens is 2. The first-order chi connectivity index (χ1) is 11.7. The van der Waals surface area contributed by atoms with Crippen molar-refractivity contribution in [3.8, 4) is 11.3 Å². The summed E-state index contributed by atoms with van der Waals surface area (Å²) >= 11 is 2.95. The second-order valence-electron chi connectivity index (χ2n) is 5.39. The number of carbonyl (C=O) groups is 1. The van der Waals surface area contributed by atoms with Gasteiger partial charge >= 0.3 is 0 Å². The van der Waals surface area contributed by atoms with Gasteiger partial charge in [-0.3, -0.25) is 10.1 Å². The van der Waals surface area contributed by atoms with Gasteiger partial charge in [0.1, 0.15) is 0 Å². The zero-order chi connectivity index (χ0) is 16.5. The molecule has 2 heterocycles. The van der Waals surface area contributed by atoms with Crippen LogP contribution in [0.4, 0.5) is 5.13 Å². The van der Waals surface area contributed by atoms with Crippen LogP contribution < -0.4 is 5.32 Å². The van der Waals surface area contributed by atoms with Gasteiger partial charge in [-0.2, -0.15) is 0 Å². The summed E-state index contributed by atoms with van der Waals surface area (Å²) in [6.45, 7) is 2.05. The molecule has 0 saturated carbocycles. The Hall–Kier alpha value is -2.57. The van der Waals surface area contributed by atoms with E-state index in [1.165, 1.54) is 28.2 Å². The molecule has 24 heavy (non-hydrogen) atoms. The average Bonchev–Trinajstić information content (AvgIpc) is 3.24. The molecule has 6 heteroatoms. The molecule has 4 nitrogen and oxygen atoms in total. The fourth-order valence-electron chi connectivity index (χ4n) is 2.35. The van der Waals surface area contributed by atoms with Gasteiger partial charge in [-0.05, 0) is 25.1 Å². The fraction of sp³-hybridized carbons (Fsp3) is 0.0556. The van der Waals surface area contributed by atoms with Crippen molar-refractivity contribution in [1.82, 2.24) is 9.97 Å². The lowest BCUT2D eigenvalue weighted by Gasteiger charge is -2.02. The van der Waals surface area contributed by atoms with E-state index in [2.05, 4.69) is 34.3 Å². The van der Waals surface area contributed by atoms with Crippen LogP contribution in [0.15, 0.2) is 53.4 Å². The van der Waals surface area contributed by atoms with Gasteiger partial charge < -0.3 is 0 Å². The number of nitrogens with zero attached hydrogens (tertiary/aromatic N) is 2. The van der Waals surface area contributed by atoms with Crippen LogP contribution in [0.2, 0.25) is 0 Å². The molecule has 4 rings (SSSR count). The predicted molar refractivity (Wildman–Crippen MR) is 99.9 cm³/mol. The molecule has 0 aliphatic heterocycles. The van der Waals surface area contributed by atoms with E-state index in [1.54, 1.807) is 11.6 Å². The number of carbonyl (C=O) groups excluding carboxylic acids is 1. The van der Waals surface area contributed by atoms with Gasteiger partial charge in [-0.15, -0.1) is 22.7 Å². The predicted octanol–water partition coefficient (Wildman–Crippen LogP) is 4.98. The minimum absolute atomic E-state index is 0.157. The Morgan fingerprint density at radius 2 is 1.92 bits per heavy atom. The van der Waals surface area contributed by atoms with Crippen molar-refractivity contribution in [2.24, 2.45) is 0 Å². The number of hydrogen-bond donors (Lipinski definition) is 1. The first-order valence-corrected chi connectivity index (χ1v) is 9.12. The molecular formula is C18H13N3OS2. The molecule has 0 saturated heterocycles.